The van der Waals surface area contributed by atoms with Crippen molar-refractivity contribution in [3.8, 4) is 22.3 Å². The Kier molecular flexibility index (Phi) is 8.86. The highest BCUT2D eigenvalue weighted by Gasteiger charge is 2.28. The number of hydrogen-bond acceptors (Lipinski definition) is 4. The van der Waals surface area contributed by atoms with Crippen molar-refractivity contribution in [3.63, 3.8) is 0 Å². The van der Waals surface area contributed by atoms with Gasteiger partial charge >= 0.3 is 0 Å². The van der Waals surface area contributed by atoms with E-state index in [9.17, 15) is 9.59 Å². The van der Waals surface area contributed by atoms with E-state index in [0.717, 1.165) is 53.5 Å². The molecule has 6 nitrogen and oxygen atoms in total. The largest absolute Gasteiger partial charge is 0.343 e. The Bertz CT molecular complexity index is 1270. The summed E-state index contributed by atoms with van der Waals surface area (Å²) < 4.78 is 0. The number of amides is 2. The molecule has 1 fully saturated rings. The van der Waals surface area contributed by atoms with Crippen molar-refractivity contribution < 1.29 is 9.59 Å². The molecule has 3 aromatic rings. The highest BCUT2D eigenvalue weighted by atomic mass is 16.2. The molecule has 39 heavy (non-hydrogen) atoms. The number of hydrogen-bond donors (Lipinski definition) is 2. The molecule has 1 saturated carbocycles. The van der Waals surface area contributed by atoms with Crippen molar-refractivity contribution in [1.29, 1.82) is 0 Å². The van der Waals surface area contributed by atoms with E-state index in [1.807, 2.05) is 70.1 Å². The smallest absolute Gasteiger partial charge is 0.225 e. The van der Waals surface area contributed by atoms with Gasteiger partial charge in [0.05, 0.1) is 0 Å². The van der Waals surface area contributed by atoms with Gasteiger partial charge in [-0.1, -0.05) is 68.4 Å². The first-order chi connectivity index (χ1) is 18.5. The fraction of sp³-hybridized carbons (Fsp3) is 0.424. The van der Waals surface area contributed by atoms with Crippen LogP contribution in [0.3, 0.4) is 0 Å². The normalized spacial score (nSPS) is 17.6. The van der Waals surface area contributed by atoms with Gasteiger partial charge < -0.3 is 16.0 Å². The van der Waals surface area contributed by atoms with E-state index < -0.39 is 5.54 Å². The first kappa shape index (κ1) is 28.5. The SMILES string of the molecule is CC(C)C(=O)N(C)[C@H]1CC[C@H](CC(=O)Nc2cc(-c3ccccc3)c(-c3ccc(C(C)(C)N)cc3)cn2)CC1. The molecule has 0 atom stereocenters. The number of pyridine rings is 1. The second-order valence-corrected chi connectivity index (χ2v) is 11.8. The van der Waals surface area contributed by atoms with E-state index in [1.54, 1.807) is 0 Å². The number of nitrogens with two attached hydrogens (primary N) is 1. The zero-order valence-corrected chi connectivity index (χ0v) is 23.9. The summed E-state index contributed by atoms with van der Waals surface area (Å²) in [6.07, 6.45) is 6.09. The molecule has 206 valence electrons. The minimum absolute atomic E-state index is 0.00983. The molecule has 0 aliphatic heterocycles. The Morgan fingerprint density at radius 2 is 1.59 bits per heavy atom. The topological polar surface area (TPSA) is 88.3 Å². The van der Waals surface area contributed by atoms with Gasteiger partial charge in [-0.3, -0.25) is 9.59 Å². The highest BCUT2D eigenvalue weighted by Crippen LogP contribution is 2.35. The van der Waals surface area contributed by atoms with Crippen molar-refractivity contribution in [3.05, 3.63) is 72.4 Å². The maximum Gasteiger partial charge on any atom is 0.225 e. The molecule has 1 aliphatic rings. The molecule has 0 saturated heterocycles. The van der Waals surface area contributed by atoms with Crippen molar-refractivity contribution in [1.82, 2.24) is 9.88 Å². The van der Waals surface area contributed by atoms with E-state index in [0.29, 0.717) is 18.2 Å². The molecule has 2 aromatic carbocycles. The predicted octanol–water partition coefficient (Wildman–Crippen LogP) is 6.61. The molecular weight excluding hydrogens is 484 g/mol. The average Bonchev–Trinajstić information content (AvgIpc) is 2.92. The summed E-state index contributed by atoms with van der Waals surface area (Å²) in [4.78, 5) is 31.9. The molecule has 2 amide bonds. The van der Waals surface area contributed by atoms with Crippen LogP contribution in [-0.2, 0) is 15.1 Å². The molecule has 0 unspecified atom stereocenters. The van der Waals surface area contributed by atoms with Crippen LogP contribution in [-0.4, -0.2) is 34.8 Å². The van der Waals surface area contributed by atoms with Crippen LogP contribution in [0.5, 0.6) is 0 Å². The van der Waals surface area contributed by atoms with Gasteiger partial charge in [-0.05, 0) is 73.8 Å². The Morgan fingerprint density at radius 1 is 0.974 bits per heavy atom. The molecule has 6 heteroatoms. The maximum atomic E-state index is 13.0. The van der Waals surface area contributed by atoms with Gasteiger partial charge in [0.25, 0.3) is 0 Å². The zero-order valence-electron chi connectivity index (χ0n) is 23.9. The minimum atomic E-state index is -0.409. The number of carbonyl (C=O) groups excluding carboxylic acids is 2. The van der Waals surface area contributed by atoms with Crippen LogP contribution in [0.15, 0.2) is 66.9 Å². The third-order valence-electron chi connectivity index (χ3n) is 7.88. The summed E-state index contributed by atoms with van der Waals surface area (Å²) in [7, 11) is 1.91. The van der Waals surface area contributed by atoms with Gasteiger partial charge in [-0.2, -0.15) is 0 Å². The van der Waals surface area contributed by atoms with Crippen molar-refractivity contribution in [2.24, 2.45) is 17.6 Å². The number of anilines is 1. The quantitative estimate of drug-likeness (QED) is 0.346. The Balaban J connectivity index is 1.46. The lowest BCUT2D eigenvalue weighted by Crippen LogP contribution is -2.41. The summed E-state index contributed by atoms with van der Waals surface area (Å²) in [5.74, 6) is 1.06. The molecule has 0 bridgehead atoms. The van der Waals surface area contributed by atoms with Crippen LogP contribution in [0.1, 0.15) is 65.4 Å². The highest BCUT2D eigenvalue weighted by molar-refractivity contribution is 5.92. The van der Waals surface area contributed by atoms with Gasteiger partial charge in [0, 0.05) is 42.7 Å². The molecule has 4 rings (SSSR count). The molecule has 1 aromatic heterocycles. The molecular formula is C33H42N4O2. The fourth-order valence-electron chi connectivity index (χ4n) is 5.47. The van der Waals surface area contributed by atoms with Crippen LogP contribution >= 0.6 is 0 Å². The van der Waals surface area contributed by atoms with Crippen LogP contribution in [0.2, 0.25) is 0 Å². The van der Waals surface area contributed by atoms with Gasteiger partial charge in [0.2, 0.25) is 11.8 Å². The van der Waals surface area contributed by atoms with Crippen LogP contribution in [0.25, 0.3) is 22.3 Å². The summed E-state index contributed by atoms with van der Waals surface area (Å²) in [5.41, 5.74) is 11.1. The monoisotopic (exact) mass is 526 g/mol. The summed E-state index contributed by atoms with van der Waals surface area (Å²) in [5, 5.41) is 3.04. The van der Waals surface area contributed by atoms with Gasteiger partial charge in [-0.15, -0.1) is 0 Å². The number of rotatable bonds is 8. The summed E-state index contributed by atoms with van der Waals surface area (Å²) in [6, 6.07) is 20.7. The number of nitrogens with one attached hydrogen (secondary N) is 1. The van der Waals surface area contributed by atoms with Crippen molar-refractivity contribution in [2.45, 2.75) is 71.4 Å². The lowest BCUT2D eigenvalue weighted by Gasteiger charge is -2.35. The minimum Gasteiger partial charge on any atom is -0.343 e. The molecule has 3 N–H and O–H groups in total. The molecule has 1 aliphatic carbocycles. The lowest BCUT2D eigenvalue weighted by molar-refractivity contribution is -0.136. The molecule has 0 spiro atoms. The number of aromatic nitrogens is 1. The maximum absolute atomic E-state index is 13.0. The van der Waals surface area contributed by atoms with Crippen LogP contribution in [0.4, 0.5) is 5.82 Å². The summed E-state index contributed by atoms with van der Waals surface area (Å²) >= 11 is 0. The van der Waals surface area contributed by atoms with E-state index in [-0.39, 0.29) is 23.8 Å². The first-order valence-corrected chi connectivity index (χ1v) is 14.0. The first-order valence-electron chi connectivity index (χ1n) is 14.0. The number of nitrogens with zero attached hydrogens (tertiary/aromatic N) is 2. The third kappa shape index (κ3) is 7.12. The van der Waals surface area contributed by atoms with Gasteiger partial charge in [0.15, 0.2) is 0 Å². The van der Waals surface area contributed by atoms with E-state index in [2.05, 4.69) is 46.7 Å². The Hall–Kier alpha value is -3.51. The zero-order chi connectivity index (χ0) is 28.2. The fourth-order valence-corrected chi connectivity index (χ4v) is 5.47. The van der Waals surface area contributed by atoms with E-state index in [4.69, 9.17) is 5.73 Å². The van der Waals surface area contributed by atoms with E-state index in [1.165, 1.54) is 0 Å². The standard InChI is InChI=1S/C33H42N4O2/c1-22(2)32(39)37(5)27-17-11-23(12-18-27)19-31(38)36-30-20-28(24-9-7-6-8-10-24)29(21-35-30)25-13-15-26(16-14-25)33(3,4)34/h6-10,13-16,20-23,27H,11-12,17-19,34H2,1-5H3,(H,35,36,38)/t23-,27-. The Morgan fingerprint density at radius 3 is 2.18 bits per heavy atom. The van der Waals surface area contributed by atoms with Crippen LogP contribution in [0, 0.1) is 11.8 Å². The summed E-state index contributed by atoms with van der Waals surface area (Å²) in [6.45, 7) is 7.87. The van der Waals surface area contributed by atoms with Gasteiger partial charge in [0.1, 0.15) is 5.82 Å². The van der Waals surface area contributed by atoms with E-state index >= 15 is 0 Å². The lowest BCUT2D eigenvalue weighted by atomic mass is 9.83. The van der Waals surface area contributed by atoms with Crippen molar-refractivity contribution >= 4 is 17.6 Å². The van der Waals surface area contributed by atoms with Gasteiger partial charge in [-0.25, -0.2) is 4.98 Å². The van der Waals surface area contributed by atoms with Crippen LogP contribution < -0.4 is 11.1 Å². The van der Waals surface area contributed by atoms with Crippen molar-refractivity contribution in [2.75, 3.05) is 12.4 Å². The average molecular weight is 527 g/mol. The molecule has 1 heterocycles. The number of carbonyl (C=O) groups is 2. The third-order valence-corrected chi connectivity index (χ3v) is 7.88. The molecule has 0 radical (unpaired) electrons. The second kappa shape index (κ2) is 12.1. The number of benzene rings is 2. The Labute approximate surface area is 233 Å². The second-order valence-electron chi connectivity index (χ2n) is 11.8. The predicted molar refractivity (Wildman–Crippen MR) is 159 cm³/mol.